The molecule has 1 aromatic carbocycles. The third-order valence-electron chi connectivity index (χ3n) is 8.28. The SMILES string of the molecule is CC(C)(C)c1noc2ccc3c(ccn3[C@H]3CC[C@@H](CN4CCC(C(C)(C)C)CC4)C3)c12. The molecular weight excluding hydrogens is 394 g/mol. The first-order chi connectivity index (χ1) is 15.1. The molecule has 1 saturated heterocycles. The third kappa shape index (κ3) is 4.00. The molecule has 0 radical (unpaired) electrons. The lowest BCUT2D eigenvalue weighted by atomic mass is 9.75. The summed E-state index contributed by atoms with van der Waals surface area (Å²) in [6.07, 6.45) is 8.99. The summed E-state index contributed by atoms with van der Waals surface area (Å²) in [5.74, 6) is 1.71. The minimum Gasteiger partial charge on any atom is -0.356 e. The van der Waals surface area contributed by atoms with Gasteiger partial charge >= 0.3 is 0 Å². The summed E-state index contributed by atoms with van der Waals surface area (Å²) in [5.41, 5.74) is 3.74. The fourth-order valence-electron chi connectivity index (χ4n) is 6.32. The Labute approximate surface area is 193 Å². The van der Waals surface area contributed by atoms with Crippen molar-refractivity contribution in [2.45, 2.75) is 85.1 Å². The van der Waals surface area contributed by atoms with Crippen LogP contribution in [0.2, 0.25) is 0 Å². The van der Waals surface area contributed by atoms with Gasteiger partial charge in [-0.1, -0.05) is 46.7 Å². The smallest absolute Gasteiger partial charge is 0.167 e. The number of benzene rings is 1. The zero-order chi connectivity index (χ0) is 22.7. The van der Waals surface area contributed by atoms with Crippen LogP contribution in [0.1, 0.15) is 85.4 Å². The van der Waals surface area contributed by atoms with Gasteiger partial charge in [0.05, 0.1) is 11.1 Å². The highest BCUT2D eigenvalue weighted by molar-refractivity contribution is 6.06. The van der Waals surface area contributed by atoms with Crippen molar-refractivity contribution in [3.05, 3.63) is 30.1 Å². The van der Waals surface area contributed by atoms with Gasteiger partial charge in [-0.2, -0.15) is 0 Å². The van der Waals surface area contributed by atoms with Gasteiger partial charge in [0.2, 0.25) is 0 Å². The lowest BCUT2D eigenvalue weighted by molar-refractivity contribution is 0.101. The van der Waals surface area contributed by atoms with Crippen LogP contribution in [0.15, 0.2) is 28.9 Å². The lowest BCUT2D eigenvalue weighted by Crippen LogP contribution is -2.40. The average molecular weight is 436 g/mol. The van der Waals surface area contributed by atoms with Crippen molar-refractivity contribution in [2.75, 3.05) is 19.6 Å². The summed E-state index contributed by atoms with van der Waals surface area (Å²) >= 11 is 0. The van der Waals surface area contributed by atoms with Crippen LogP contribution in [0, 0.1) is 17.3 Å². The van der Waals surface area contributed by atoms with Crippen LogP contribution in [0.5, 0.6) is 0 Å². The number of hydrogen-bond acceptors (Lipinski definition) is 3. The van der Waals surface area contributed by atoms with E-state index in [0.717, 1.165) is 23.1 Å². The first-order valence-electron chi connectivity index (χ1n) is 12.7. The van der Waals surface area contributed by atoms with Gasteiger partial charge in [0.1, 0.15) is 0 Å². The van der Waals surface area contributed by atoms with Crippen molar-refractivity contribution < 1.29 is 4.52 Å². The van der Waals surface area contributed by atoms with E-state index in [1.54, 1.807) is 0 Å². The van der Waals surface area contributed by atoms with E-state index in [9.17, 15) is 0 Å². The van der Waals surface area contributed by atoms with E-state index >= 15 is 0 Å². The van der Waals surface area contributed by atoms with Crippen molar-refractivity contribution in [2.24, 2.45) is 17.3 Å². The molecular formula is C28H41N3O. The second kappa shape index (κ2) is 7.90. The van der Waals surface area contributed by atoms with Gasteiger partial charge in [-0.15, -0.1) is 0 Å². The molecule has 1 aliphatic heterocycles. The Balaban J connectivity index is 1.30. The van der Waals surface area contributed by atoms with Gasteiger partial charge in [-0.05, 0) is 80.6 Å². The standard InChI is InChI=1S/C28H41N3O/c1-27(2,3)20-11-14-30(15-12-20)18-19-7-8-21(17-19)31-16-13-22-23(31)9-10-24-25(22)26(29-32-24)28(4,5)6/h9-10,13,16,19-21H,7-8,11-12,14-15,17-18H2,1-6H3/t19-,21+/m1/s1. The average Bonchev–Trinajstić information content (AvgIpc) is 3.44. The van der Waals surface area contributed by atoms with Crippen molar-refractivity contribution >= 4 is 21.9 Å². The summed E-state index contributed by atoms with van der Waals surface area (Å²) in [7, 11) is 0. The highest BCUT2D eigenvalue weighted by Crippen LogP contribution is 2.41. The summed E-state index contributed by atoms with van der Waals surface area (Å²) in [6.45, 7) is 17.7. The van der Waals surface area contributed by atoms with Crippen LogP contribution >= 0.6 is 0 Å². The van der Waals surface area contributed by atoms with E-state index in [1.165, 1.54) is 68.0 Å². The number of fused-ring (bicyclic) bond motifs is 3. The Hall–Kier alpha value is -1.81. The number of nitrogens with zero attached hydrogens (tertiary/aromatic N) is 3. The van der Waals surface area contributed by atoms with E-state index in [0.29, 0.717) is 11.5 Å². The van der Waals surface area contributed by atoms with Crippen molar-refractivity contribution in [3.63, 3.8) is 0 Å². The lowest BCUT2D eigenvalue weighted by Gasteiger charge is -2.39. The maximum Gasteiger partial charge on any atom is 0.167 e. The molecule has 4 heteroatoms. The number of aromatic nitrogens is 2. The van der Waals surface area contributed by atoms with E-state index in [4.69, 9.17) is 4.52 Å². The molecule has 0 bridgehead atoms. The Morgan fingerprint density at radius 3 is 2.41 bits per heavy atom. The number of likely N-dealkylation sites (tertiary alicyclic amines) is 1. The van der Waals surface area contributed by atoms with E-state index < -0.39 is 0 Å². The maximum atomic E-state index is 5.68. The minimum absolute atomic E-state index is 0.0273. The van der Waals surface area contributed by atoms with Crippen LogP contribution in [0.25, 0.3) is 21.9 Å². The summed E-state index contributed by atoms with van der Waals surface area (Å²) in [6, 6.07) is 7.25. The highest BCUT2D eigenvalue weighted by Gasteiger charge is 2.32. The van der Waals surface area contributed by atoms with Crippen LogP contribution in [0.3, 0.4) is 0 Å². The van der Waals surface area contributed by atoms with Gasteiger partial charge in [-0.3, -0.25) is 0 Å². The first kappa shape index (κ1) is 22.0. The maximum absolute atomic E-state index is 5.68. The molecule has 3 aromatic rings. The summed E-state index contributed by atoms with van der Waals surface area (Å²) in [5, 5.41) is 6.92. The zero-order valence-corrected chi connectivity index (χ0v) is 20.9. The van der Waals surface area contributed by atoms with Crippen LogP contribution in [-0.2, 0) is 5.41 Å². The predicted molar refractivity (Wildman–Crippen MR) is 133 cm³/mol. The predicted octanol–water partition coefficient (Wildman–Crippen LogP) is 7.18. The molecule has 0 amide bonds. The molecule has 2 fully saturated rings. The minimum atomic E-state index is -0.0273. The number of rotatable bonds is 3. The summed E-state index contributed by atoms with van der Waals surface area (Å²) in [4.78, 5) is 2.75. The zero-order valence-electron chi connectivity index (χ0n) is 20.9. The van der Waals surface area contributed by atoms with Crippen molar-refractivity contribution in [1.29, 1.82) is 0 Å². The number of hydrogen-bond donors (Lipinski definition) is 0. The van der Waals surface area contributed by atoms with Crippen molar-refractivity contribution in [1.82, 2.24) is 14.6 Å². The fraction of sp³-hybridized carbons (Fsp3) is 0.679. The molecule has 1 aliphatic carbocycles. The van der Waals surface area contributed by atoms with Gasteiger partial charge in [0, 0.05) is 35.1 Å². The van der Waals surface area contributed by atoms with Crippen molar-refractivity contribution in [3.8, 4) is 0 Å². The van der Waals surface area contributed by atoms with Crippen LogP contribution < -0.4 is 0 Å². The molecule has 174 valence electrons. The molecule has 2 aliphatic rings. The van der Waals surface area contributed by atoms with Gasteiger partial charge in [0.15, 0.2) is 5.58 Å². The monoisotopic (exact) mass is 435 g/mol. The van der Waals surface area contributed by atoms with E-state index in [2.05, 4.69) is 80.6 Å². The third-order valence-corrected chi connectivity index (χ3v) is 8.28. The molecule has 4 nitrogen and oxygen atoms in total. The Kier molecular flexibility index (Phi) is 5.43. The Bertz CT molecular complexity index is 1090. The molecule has 0 unspecified atom stereocenters. The van der Waals surface area contributed by atoms with Gasteiger partial charge < -0.3 is 14.0 Å². The van der Waals surface area contributed by atoms with Gasteiger partial charge in [0.25, 0.3) is 0 Å². The van der Waals surface area contributed by atoms with E-state index in [1.807, 2.05) is 0 Å². The molecule has 32 heavy (non-hydrogen) atoms. The largest absolute Gasteiger partial charge is 0.356 e. The first-order valence-corrected chi connectivity index (χ1v) is 12.7. The molecule has 1 saturated carbocycles. The van der Waals surface area contributed by atoms with E-state index in [-0.39, 0.29) is 5.41 Å². The number of piperidine rings is 1. The fourth-order valence-corrected chi connectivity index (χ4v) is 6.32. The Morgan fingerprint density at radius 1 is 0.969 bits per heavy atom. The van der Waals surface area contributed by atoms with Gasteiger partial charge in [-0.25, -0.2) is 0 Å². The molecule has 5 rings (SSSR count). The molecule has 2 atom stereocenters. The summed E-state index contributed by atoms with van der Waals surface area (Å²) < 4.78 is 8.23. The van der Waals surface area contributed by atoms with Crippen LogP contribution in [-0.4, -0.2) is 34.3 Å². The van der Waals surface area contributed by atoms with Crippen LogP contribution in [0.4, 0.5) is 0 Å². The molecule has 3 heterocycles. The highest BCUT2D eigenvalue weighted by atomic mass is 16.5. The molecule has 0 N–H and O–H groups in total. The second-order valence-electron chi connectivity index (χ2n) is 12.6. The second-order valence-corrected chi connectivity index (χ2v) is 12.6. The Morgan fingerprint density at radius 2 is 1.72 bits per heavy atom. The molecule has 2 aromatic heterocycles. The topological polar surface area (TPSA) is 34.2 Å². The normalized spacial score (nSPS) is 24.2. The quantitative estimate of drug-likeness (QED) is 0.437. The molecule has 0 spiro atoms.